The fraction of sp³-hybridized carbons (Fsp3) is 0.682. The summed E-state index contributed by atoms with van der Waals surface area (Å²) in [6, 6.07) is 5.10. The Morgan fingerprint density at radius 2 is 1.91 bits per heavy atom. The molecule has 2 N–H and O–H groups in total. The van der Waals surface area contributed by atoms with Crippen LogP contribution < -0.4 is 10.6 Å². The highest BCUT2D eigenvalue weighted by Gasteiger charge is 2.43. The topological polar surface area (TPSA) is 50.9 Å². The minimum atomic E-state index is -4.37. The molecule has 5 atom stereocenters. The molecule has 1 aromatic carbocycles. The number of amides is 1. The first kappa shape index (κ1) is 23.4. The predicted molar refractivity (Wildman–Crippen MR) is 112 cm³/mol. The molecule has 0 spiro atoms. The average Bonchev–Trinajstić information content (AvgIpc) is 3.34. The molecular formula is C22H31F4N5O. The van der Waals surface area contributed by atoms with Crippen LogP contribution in [-0.4, -0.2) is 79.5 Å². The summed E-state index contributed by atoms with van der Waals surface area (Å²) < 4.78 is 54.5. The zero-order valence-corrected chi connectivity index (χ0v) is 18.4. The van der Waals surface area contributed by atoms with Crippen molar-refractivity contribution in [3.63, 3.8) is 0 Å². The SMILES string of the molecule is CN1CC(CN(C)C2NCNC(N3CCCC3c3ccc(C(F)(F)F)cc3)C2F)CC1=O. The summed E-state index contributed by atoms with van der Waals surface area (Å²) in [7, 11) is 3.65. The second kappa shape index (κ2) is 9.24. The second-order valence-corrected chi connectivity index (χ2v) is 9.22. The minimum absolute atomic E-state index is 0.118. The molecule has 32 heavy (non-hydrogen) atoms. The standard InChI is InChI=1S/C22H31F4N5O/c1-29-11-14(10-18(29)32)12-30(2)20-19(23)21(28-13-27-20)31-9-3-4-17(31)15-5-7-16(8-6-15)22(24,25)26/h5-8,14,17,19-21,27-28H,3-4,9-13H2,1-2H3. The Morgan fingerprint density at radius 3 is 2.53 bits per heavy atom. The first-order valence-electron chi connectivity index (χ1n) is 11.1. The van der Waals surface area contributed by atoms with Gasteiger partial charge < -0.3 is 4.90 Å². The molecule has 6 nitrogen and oxygen atoms in total. The van der Waals surface area contributed by atoms with Crippen LogP contribution in [0.25, 0.3) is 0 Å². The monoisotopic (exact) mass is 457 g/mol. The molecule has 3 heterocycles. The maximum atomic E-state index is 15.7. The van der Waals surface area contributed by atoms with E-state index in [4.69, 9.17) is 0 Å². The smallest absolute Gasteiger partial charge is 0.345 e. The molecule has 3 aliphatic rings. The van der Waals surface area contributed by atoms with Gasteiger partial charge in [0.05, 0.1) is 17.9 Å². The van der Waals surface area contributed by atoms with Gasteiger partial charge in [0.25, 0.3) is 0 Å². The van der Waals surface area contributed by atoms with Crippen LogP contribution in [0.2, 0.25) is 0 Å². The number of likely N-dealkylation sites (tertiary alicyclic amines) is 2. The normalized spacial score (nSPS) is 32.3. The van der Waals surface area contributed by atoms with Gasteiger partial charge in [0.15, 0.2) is 6.17 Å². The van der Waals surface area contributed by atoms with Crippen molar-refractivity contribution in [2.45, 2.75) is 50.0 Å². The molecule has 178 valence electrons. The van der Waals surface area contributed by atoms with E-state index in [1.165, 1.54) is 12.1 Å². The number of nitrogens with zero attached hydrogens (tertiary/aromatic N) is 3. The summed E-state index contributed by atoms with van der Waals surface area (Å²) in [5, 5.41) is 6.40. The number of benzene rings is 1. The summed E-state index contributed by atoms with van der Waals surface area (Å²) in [5.74, 6) is 0.291. The lowest BCUT2D eigenvalue weighted by Crippen LogP contribution is -2.68. The van der Waals surface area contributed by atoms with Crippen LogP contribution >= 0.6 is 0 Å². The highest BCUT2D eigenvalue weighted by molar-refractivity contribution is 5.78. The Kier molecular flexibility index (Phi) is 6.76. The van der Waals surface area contributed by atoms with Gasteiger partial charge in [-0.25, -0.2) is 4.39 Å². The summed E-state index contributed by atoms with van der Waals surface area (Å²) >= 11 is 0. The predicted octanol–water partition coefficient (Wildman–Crippen LogP) is 2.39. The molecule has 3 aliphatic heterocycles. The first-order valence-corrected chi connectivity index (χ1v) is 11.1. The molecule has 0 saturated carbocycles. The van der Waals surface area contributed by atoms with Crippen LogP contribution in [0.1, 0.15) is 36.4 Å². The summed E-state index contributed by atoms with van der Waals surface area (Å²) in [6.07, 6.45) is -4.53. The van der Waals surface area contributed by atoms with Crippen molar-refractivity contribution >= 4 is 5.91 Å². The van der Waals surface area contributed by atoms with Crippen LogP contribution in [0, 0.1) is 5.92 Å². The number of hydrogen-bond acceptors (Lipinski definition) is 5. The number of carbonyl (C=O) groups excluding carboxylic acids is 1. The summed E-state index contributed by atoms with van der Waals surface area (Å²) in [5.41, 5.74) is 0.104. The van der Waals surface area contributed by atoms with E-state index in [2.05, 4.69) is 10.6 Å². The van der Waals surface area contributed by atoms with E-state index in [1.54, 1.807) is 11.9 Å². The zero-order valence-electron chi connectivity index (χ0n) is 18.4. The van der Waals surface area contributed by atoms with Gasteiger partial charge in [-0.3, -0.25) is 25.2 Å². The molecule has 0 aromatic heterocycles. The number of carbonyl (C=O) groups is 1. The highest BCUT2D eigenvalue weighted by Crippen LogP contribution is 2.37. The lowest BCUT2D eigenvalue weighted by Gasteiger charge is -2.45. The summed E-state index contributed by atoms with van der Waals surface area (Å²) in [4.78, 5) is 17.5. The third-order valence-corrected chi connectivity index (χ3v) is 6.94. The van der Waals surface area contributed by atoms with Crippen molar-refractivity contribution in [3.8, 4) is 0 Å². The maximum Gasteiger partial charge on any atom is 0.416 e. The number of hydrogen-bond donors (Lipinski definition) is 2. The lowest BCUT2D eigenvalue weighted by molar-refractivity contribution is -0.137. The van der Waals surface area contributed by atoms with Gasteiger partial charge >= 0.3 is 6.18 Å². The van der Waals surface area contributed by atoms with E-state index in [0.29, 0.717) is 32.7 Å². The van der Waals surface area contributed by atoms with Gasteiger partial charge in [0.1, 0.15) is 0 Å². The van der Waals surface area contributed by atoms with Crippen molar-refractivity contribution in [1.29, 1.82) is 0 Å². The molecule has 0 aliphatic carbocycles. The molecular weight excluding hydrogens is 426 g/mol. The van der Waals surface area contributed by atoms with Crippen molar-refractivity contribution in [2.75, 3.05) is 40.4 Å². The van der Waals surface area contributed by atoms with Gasteiger partial charge in [-0.05, 0) is 43.5 Å². The van der Waals surface area contributed by atoms with Crippen molar-refractivity contribution < 1.29 is 22.4 Å². The van der Waals surface area contributed by atoms with Gasteiger partial charge in [-0.15, -0.1) is 0 Å². The van der Waals surface area contributed by atoms with Crippen LogP contribution in [0.15, 0.2) is 24.3 Å². The fourth-order valence-corrected chi connectivity index (χ4v) is 5.34. The molecule has 10 heteroatoms. The van der Waals surface area contributed by atoms with Crippen LogP contribution in [0.4, 0.5) is 17.6 Å². The Bertz CT molecular complexity index is 805. The van der Waals surface area contributed by atoms with E-state index in [9.17, 15) is 18.0 Å². The zero-order chi connectivity index (χ0) is 23.0. The fourth-order valence-electron chi connectivity index (χ4n) is 5.34. The van der Waals surface area contributed by atoms with E-state index >= 15 is 4.39 Å². The highest BCUT2D eigenvalue weighted by atomic mass is 19.4. The molecule has 3 fully saturated rings. The quantitative estimate of drug-likeness (QED) is 0.666. The van der Waals surface area contributed by atoms with Crippen molar-refractivity contribution in [1.82, 2.24) is 25.3 Å². The second-order valence-electron chi connectivity index (χ2n) is 9.22. The molecule has 1 amide bonds. The van der Waals surface area contributed by atoms with E-state index in [1.807, 2.05) is 16.8 Å². The number of rotatable bonds is 5. The van der Waals surface area contributed by atoms with Gasteiger partial charge in [-0.1, -0.05) is 12.1 Å². The molecule has 3 saturated heterocycles. The minimum Gasteiger partial charge on any atom is -0.345 e. The Morgan fingerprint density at radius 1 is 1.19 bits per heavy atom. The number of nitrogens with one attached hydrogen (secondary N) is 2. The first-order chi connectivity index (χ1) is 15.1. The molecule has 0 radical (unpaired) electrons. The third-order valence-electron chi connectivity index (χ3n) is 6.94. The average molecular weight is 458 g/mol. The molecule has 4 rings (SSSR count). The van der Waals surface area contributed by atoms with Crippen LogP contribution in [0.3, 0.4) is 0 Å². The van der Waals surface area contributed by atoms with Gasteiger partial charge in [-0.2, -0.15) is 13.2 Å². The van der Waals surface area contributed by atoms with Gasteiger partial charge in [0.2, 0.25) is 5.91 Å². The van der Waals surface area contributed by atoms with E-state index < -0.39 is 30.2 Å². The number of halogens is 4. The molecule has 1 aromatic rings. The van der Waals surface area contributed by atoms with E-state index in [-0.39, 0.29) is 17.9 Å². The third kappa shape index (κ3) is 4.78. The molecule has 5 unspecified atom stereocenters. The Labute approximate surface area is 185 Å². The maximum absolute atomic E-state index is 15.7. The Hall–Kier alpha value is -1.75. The van der Waals surface area contributed by atoms with Gasteiger partial charge in [0, 0.05) is 45.8 Å². The van der Waals surface area contributed by atoms with Crippen molar-refractivity contribution in [2.24, 2.45) is 5.92 Å². The van der Waals surface area contributed by atoms with E-state index in [0.717, 1.165) is 30.5 Å². The van der Waals surface area contributed by atoms with Crippen molar-refractivity contribution in [3.05, 3.63) is 35.4 Å². The van der Waals surface area contributed by atoms with Crippen LogP contribution in [0.5, 0.6) is 0 Å². The lowest BCUT2D eigenvalue weighted by atomic mass is 10.0. The Balaban J connectivity index is 1.43. The largest absolute Gasteiger partial charge is 0.416 e. The van der Waals surface area contributed by atoms with Crippen LogP contribution in [-0.2, 0) is 11.0 Å². The number of alkyl halides is 4. The molecule has 0 bridgehead atoms. The summed E-state index contributed by atoms with van der Waals surface area (Å²) in [6.45, 7) is 2.40.